The van der Waals surface area contributed by atoms with Gasteiger partial charge in [0.2, 0.25) is 0 Å². The molecule has 160 valence electrons. The van der Waals surface area contributed by atoms with Gasteiger partial charge in [-0.3, -0.25) is 4.79 Å². The zero-order chi connectivity index (χ0) is 22.1. The molecular weight excluding hydrogens is 394 g/mol. The monoisotopic (exact) mass is 419 g/mol. The zero-order valence-electron chi connectivity index (χ0n) is 17.5. The van der Waals surface area contributed by atoms with Crippen LogP contribution in [0.3, 0.4) is 0 Å². The molecule has 31 heavy (non-hydrogen) atoms. The van der Waals surface area contributed by atoms with Crippen molar-refractivity contribution < 1.29 is 23.8 Å². The average Bonchev–Trinajstić information content (AvgIpc) is 2.82. The Hall–Kier alpha value is -3.80. The standard InChI is InChI=1S/C25H25NO5/c1-3-30-21-15-14-20(16-22(21)29-2)25(28)31-17-23(27)26-24(18-10-6-4-7-11-18)19-12-8-5-9-13-19/h4-16,24H,3,17H2,1-2H3,(H,26,27). The van der Waals surface area contributed by atoms with Crippen molar-refractivity contribution in [3.63, 3.8) is 0 Å². The predicted octanol–water partition coefficient (Wildman–Crippen LogP) is 4.16. The first-order chi connectivity index (χ1) is 15.1. The van der Waals surface area contributed by atoms with Crippen molar-refractivity contribution in [3.8, 4) is 11.5 Å². The minimum Gasteiger partial charge on any atom is -0.493 e. The van der Waals surface area contributed by atoms with Crippen LogP contribution in [0.5, 0.6) is 11.5 Å². The van der Waals surface area contributed by atoms with Crippen molar-refractivity contribution in [3.05, 3.63) is 95.6 Å². The maximum absolute atomic E-state index is 12.6. The van der Waals surface area contributed by atoms with E-state index in [0.717, 1.165) is 11.1 Å². The van der Waals surface area contributed by atoms with Gasteiger partial charge in [0.05, 0.1) is 25.3 Å². The summed E-state index contributed by atoms with van der Waals surface area (Å²) >= 11 is 0. The van der Waals surface area contributed by atoms with Crippen molar-refractivity contribution in [2.45, 2.75) is 13.0 Å². The Morgan fingerprint density at radius 1 is 0.871 bits per heavy atom. The number of hydrogen-bond acceptors (Lipinski definition) is 5. The van der Waals surface area contributed by atoms with Gasteiger partial charge in [-0.2, -0.15) is 0 Å². The molecule has 0 fully saturated rings. The lowest BCUT2D eigenvalue weighted by atomic mass is 9.99. The van der Waals surface area contributed by atoms with E-state index in [4.69, 9.17) is 14.2 Å². The number of esters is 1. The molecule has 6 heteroatoms. The van der Waals surface area contributed by atoms with Crippen molar-refractivity contribution in [1.29, 1.82) is 0 Å². The number of nitrogens with one attached hydrogen (secondary N) is 1. The highest BCUT2D eigenvalue weighted by Gasteiger charge is 2.18. The van der Waals surface area contributed by atoms with Crippen LogP contribution in [0.2, 0.25) is 0 Å². The predicted molar refractivity (Wildman–Crippen MR) is 117 cm³/mol. The van der Waals surface area contributed by atoms with Gasteiger partial charge in [-0.15, -0.1) is 0 Å². The maximum atomic E-state index is 12.6. The largest absolute Gasteiger partial charge is 0.493 e. The van der Waals surface area contributed by atoms with Crippen LogP contribution in [0, 0.1) is 0 Å². The van der Waals surface area contributed by atoms with Gasteiger partial charge in [0.25, 0.3) is 5.91 Å². The molecule has 3 aromatic rings. The van der Waals surface area contributed by atoms with Crippen LogP contribution in [-0.2, 0) is 9.53 Å². The van der Waals surface area contributed by atoms with Gasteiger partial charge in [-0.1, -0.05) is 60.7 Å². The fourth-order valence-corrected chi connectivity index (χ4v) is 3.14. The second kappa shape index (κ2) is 10.8. The van der Waals surface area contributed by atoms with E-state index in [1.165, 1.54) is 13.2 Å². The summed E-state index contributed by atoms with van der Waals surface area (Å²) in [6, 6.07) is 23.6. The molecule has 0 aliphatic heterocycles. The highest BCUT2D eigenvalue weighted by molar-refractivity contribution is 5.92. The van der Waals surface area contributed by atoms with E-state index in [9.17, 15) is 9.59 Å². The molecule has 0 unspecified atom stereocenters. The number of benzene rings is 3. The summed E-state index contributed by atoms with van der Waals surface area (Å²) in [7, 11) is 1.49. The Bertz CT molecular complexity index is 965. The lowest BCUT2D eigenvalue weighted by molar-refractivity contribution is -0.124. The number of methoxy groups -OCH3 is 1. The summed E-state index contributed by atoms with van der Waals surface area (Å²) in [4.78, 5) is 25.0. The molecule has 0 aliphatic rings. The smallest absolute Gasteiger partial charge is 0.338 e. The van der Waals surface area contributed by atoms with E-state index >= 15 is 0 Å². The molecule has 0 atom stereocenters. The molecule has 6 nitrogen and oxygen atoms in total. The Labute approximate surface area is 181 Å². The minimum absolute atomic E-state index is 0.274. The molecule has 0 aliphatic carbocycles. The van der Waals surface area contributed by atoms with Crippen molar-refractivity contribution >= 4 is 11.9 Å². The third-order valence-corrected chi connectivity index (χ3v) is 4.60. The number of carbonyl (C=O) groups is 2. The number of carbonyl (C=O) groups excluding carboxylic acids is 2. The van der Waals surface area contributed by atoms with Gasteiger partial charge in [-0.25, -0.2) is 4.79 Å². The first-order valence-corrected chi connectivity index (χ1v) is 9.99. The lowest BCUT2D eigenvalue weighted by Crippen LogP contribution is -2.33. The molecule has 0 saturated heterocycles. The Morgan fingerprint density at radius 2 is 1.48 bits per heavy atom. The highest BCUT2D eigenvalue weighted by Crippen LogP contribution is 2.28. The first-order valence-electron chi connectivity index (χ1n) is 9.99. The first kappa shape index (κ1) is 21.9. The van der Waals surface area contributed by atoms with Gasteiger partial charge >= 0.3 is 5.97 Å². The quantitative estimate of drug-likeness (QED) is 0.527. The van der Waals surface area contributed by atoms with Gasteiger partial charge in [0.15, 0.2) is 18.1 Å². The second-order valence-corrected chi connectivity index (χ2v) is 6.70. The van der Waals surface area contributed by atoms with Crippen molar-refractivity contribution in [2.75, 3.05) is 20.3 Å². The molecule has 0 aromatic heterocycles. The van der Waals surface area contributed by atoms with E-state index in [0.29, 0.717) is 18.1 Å². The Balaban J connectivity index is 1.66. The molecular formula is C25H25NO5. The minimum atomic E-state index is -0.618. The fourth-order valence-electron chi connectivity index (χ4n) is 3.14. The summed E-state index contributed by atoms with van der Waals surface area (Å²) < 4.78 is 15.9. The van der Waals surface area contributed by atoms with Crippen LogP contribution in [0.4, 0.5) is 0 Å². The van der Waals surface area contributed by atoms with E-state index in [1.807, 2.05) is 67.6 Å². The fraction of sp³-hybridized carbons (Fsp3) is 0.200. The van der Waals surface area contributed by atoms with Crippen LogP contribution >= 0.6 is 0 Å². The van der Waals surface area contributed by atoms with Crippen LogP contribution in [0.1, 0.15) is 34.5 Å². The summed E-state index contributed by atoms with van der Waals surface area (Å²) in [6.07, 6.45) is 0. The number of hydrogen-bond donors (Lipinski definition) is 1. The van der Waals surface area contributed by atoms with Crippen LogP contribution < -0.4 is 14.8 Å². The Kier molecular flexibility index (Phi) is 7.65. The summed E-state index contributed by atoms with van der Waals surface area (Å²) in [5.74, 6) is -0.0572. The molecule has 0 radical (unpaired) electrons. The van der Waals surface area contributed by atoms with Crippen molar-refractivity contribution in [2.24, 2.45) is 0 Å². The van der Waals surface area contributed by atoms with E-state index in [-0.39, 0.29) is 11.6 Å². The lowest BCUT2D eigenvalue weighted by Gasteiger charge is -2.20. The number of ether oxygens (including phenoxy) is 3. The summed E-state index contributed by atoms with van der Waals surface area (Å²) in [6.45, 7) is 1.94. The van der Waals surface area contributed by atoms with Gasteiger partial charge in [0, 0.05) is 0 Å². The topological polar surface area (TPSA) is 73.9 Å². The Morgan fingerprint density at radius 3 is 2.03 bits per heavy atom. The maximum Gasteiger partial charge on any atom is 0.338 e. The average molecular weight is 419 g/mol. The molecule has 1 N–H and O–H groups in total. The van der Waals surface area contributed by atoms with Crippen LogP contribution in [0.25, 0.3) is 0 Å². The number of amides is 1. The summed E-state index contributed by atoms with van der Waals surface area (Å²) in [5.41, 5.74) is 2.14. The third kappa shape index (κ3) is 5.85. The summed E-state index contributed by atoms with van der Waals surface area (Å²) in [5, 5.41) is 2.94. The van der Waals surface area contributed by atoms with Crippen LogP contribution in [-0.4, -0.2) is 32.2 Å². The third-order valence-electron chi connectivity index (χ3n) is 4.60. The van der Waals surface area contributed by atoms with Gasteiger partial charge in [0.1, 0.15) is 0 Å². The molecule has 0 spiro atoms. The van der Waals surface area contributed by atoms with E-state index in [2.05, 4.69) is 5.32 Å². The van der Waals surface area contributed by atoms with E-state index < -0.39 is 18.5 Å². The SMILES string of the molecule is CCOc1ccc(C(=O)OCC(=O)NC(c2ccccc2)c2ccccc2)cc1OC. The van der Waals surface area contributed by atoms with Crippen LogP contribution in [0.15, 0.2) is 78.9 Å². The molecule has 0 heterocycles. The van der Waals surface area contributed by atoms with E-state index in [1.54, 1.807) is 12.1 Å². The van der Waals surface area contributed by atoms with Gasteiger partial charge in [-0.05, 0) is 36.2 Å². The molecule has 0 saturated carbocycles. The molecule has 1 amide bonds. The number of rotatable bonds is 9. The zero-order valence-corrected chi connectivity index (χ0v) is 17.5. The molecule has 3 rings (SSSR count). The van der Waals surface area contributed by atoms with Crippen molar-refractivity contribution in [1.82, 2.24) is 5.32 Å². The van der Waals surface area contributed by atoms with Gasteiger partial charge < -0.3 is 19.5 Å². The normalized spacial score (nSPS) is 10.4. The molecule has 0 bridgehead atoms. The highest BCUT2D eigenvalue weighted by atomic mass is 16.5. The molecule has 3 aromatic carbocycles. The second-order valence-electron chi connectivity index (χ2n) is 6.70.